The van der Waals surface area contributed by atoms with E-state index in [9.17, 15) is 9.59 Å². The summed E-state index contributed by atoms with van der Waals surface area (Å²) in [5.41, 5.74) is 1.25. The van der Waals surface area contributed by atoms with Gasteiger partial charge in [0.2, 0.25) is 11.5 Å². The highest BCUT2D eigenvalue weighted by Crippen LogP contribution is 2.50. The molecule has 2 N–H and O–H groups in total. The molecule has 0 aliphatic rings. The van der Waals surface area contributed by atoms with E-state index >= 15 is 0 Å². The van der Waals surface area contributed by atoms with Crippen molar-refractivity contribution in [2.45, 2.75) is 17.7 Å². The number of methoxy groups -OCH3 is 2. The molecule has 0 heterocycles. The maximum atomic E-state index is 11.9. The molecule has 0 radical (unpaired) electrons. The van der Waals surface area contributed by atoms with E-state index in [1.807, 2.05) is 18.2 Å². The van der Waals surface area contributed by atoms with Crippen LogP contribution >= 0.6 is 11.8 Å². The number of carbonyl (C=O) groups is 2. The minimum Gasteiger partial charge on any atom is -0.490 e. The zero-order chi connectivity index (χ0) is 21.9. The summed E-state index contributed by atoms with van der Waals surface area (Å²) in [7, 11) is 5.74. The largest absolute Gasteiger partial charge is 0.490 e. The number of carbonyl (C=O) groups excluding carboxylic acids is 2. The second kappa shape index (κ2) is 11.8. The minimum atomic E-state index is -0.657. The fraction of sp³-hybridized carbons (Fsp3) is 0.333. The maximum absolute atomic E-state index is 11.9. The Morgan fingerprint density at radius 1 is 0.900 bits per heavy atom. The summed E-state index contributed by atoms with van der Waals surface area (Å²) < 4.78 is 21.5. The third kappa shape index (κ3) is 6.21. The Morgan fingerprint density at radius 2 is 1.53 bits per heavy atom. The minimum absolute atomic E-state index is 0.147. The summed E-state index contributed by atoms with van der Waals surface area (Å²) in [5.74, 6) is 1.40. The van der Waals surface area contributed by atoms with E-state index in [1.54, 1.807) is 6.07 Å². The average molecular weight is 435 g/mol. The first-order chi connectivity index (χ1) is 14.5. The van der Waals surface area contributed by atoms with Crippen LogP contribution in [0.2, 0.25) is 0 Å². The van der Waals surface area contributed by atoms with Crippen LogP contribution in [0.1, 0.15) is 12.0 Å². The molecule has 2 amide bonds. The first kappa shape index (κ1) is 23.2. The number of thioether (sulfide) groups is 1. The van der Waals surface area contributed by atoms with Crippen molar-refractivity contribution >= 4 is 23.9 Å². The Labute approximate surface area is 180 Å². The van der Waals surface area contributed by atoms with Crippen molar-refractivity contribution in [1.29, 1.82) is 0 Å². The maximum Gasteiger partial charge on any atom is 0.412 e. The number of benzene rings is 2. The van der Waals surface area contributed by atoms with Gasteiger partial charge in [-0.2, -0.15) is 0 Å². The molecule has 0 bridgehead atoms. The van der Waals surface area contributed by atoms with Crippen LogP contribution in [0.5, 0.6) is 23.0 Å². The number of rotatable bonds is 9. The summed E-state index contributed by atoms with van der Waals surface area (Å²) in [6, 6.07) is 11.8. The molecule has 0 aromatic heterocycles. The summed E-state index contributed by atoms with van der Waals surface area (Å²) in [4.78, 5) is 24.2. The molecule has 2 rings (SSSR count). The highest BCUT2D eigenvalue weighted by atomic mass is 32.2. The Kier molecular flexibility index (Phi) is 9.14. The van der Waals surface area contributed by atoms with Gasteiger partial charge in [-0.1, -0.05) is 30.3 Å². The van der Waals surface area contributed by atoms with Gasteiger partial charge >= 0.3 is 12.2 Å². The molecule has 2 aromatic rings. The molecule has 8 nitrogen and oxygen atoms in total. The van der Waals surface area contributed by atoms with Crippen molar-refractivity contribution in [3.05, 3.63) is 42.0 Å². The van der Waals surface area contributed by atoms with Gasteiger partial charge in [0.05, 0.1) is 19.1 Å². The topological polar surface area (TPSA) is 95.1 Å². The zero-order valence-electron chi connectivity index (χ0n) is 17.4. The van der Waals surface area contributed by atoms with Crippen LogP contribution < -0.4 is 29.6 Å². The Balaban J connectivity index is 2.31. The normalized spacial score (nSPS) is 10.1. The molecule has 162 valence electrons. The quantitative estimate of drug-likeness (QED) is 0.457. The molecular formula is C21H26N2O6S. The van der Waals surface area contributed by atoms with Gasteiger partial charge in [-0.05, 0) is 24.2 Å². The fourth-order valence-electron chi connectivity index (χ4n) is 2.63. The van der Waals surface area contributed by atoms with Crippen LogP contribution in [0, 0.1) is 0 Å². The SMILES string of the molecule is CNC(=O)Oc1cc(SCCCc2ccccc2)c(OC(=O)NC)c(OC)c1OC. The van der Waals surface area contributed by atoms with E-state index in [4.69, 9.17) is 18.9 Å². The van der Waals surface area contributed by atoms with Crippen LogP contribution in [0.25, 0.3) is 0 Å². The van der Waals surface area contributed by atoms with E-state index in [1.165, 1.54) is 45.6 Å². The number of hydrogen-bond donors (Lipinski definition) is 2. The first-order valence-electron chi connectivity index (χ1n) is 9.28. The summed E-state index contributed by atoms with van der Waals surface area (Å²) in [5, 5.41) is 4.80. The Hall–Kier alpha value is -3.07. The standard InChI is InChI=1S/C21H26N2O6S/c1-22-20(24)28-15-13-16(30-12-8-11-14-9-6-5-7-10-14)18(29-21(25)23-2)19(27-4)17(15)26-3/h5-7,9-10,13H,8,11-12H2,1-4H3,(H,22,24)(H,23,25). The van der Waals surface area contributed by atoms with Crippen LogP contribution in [-0.2, 0) is 6.42 Å². The molecule has 0 saturated heterocycles. The van der Waals surface area contributed by atoms with Gasteiger partial charge in [0.15, 0.2) is 11.5 Å². The van der Waals surface area contributed by atoms with Crippen molar-refractivity contribution < 1.29 is 28.5 Å². The second-order valence-corrected chi connectivity index (χ2v) is 7.12. The molecule has 0 unspecified atom stereocenters. The van der Waals surface area contributed by atoms with Crippen molar-refractivity contribution in [1.82, 2.24) is 10.6 Å². The molecule has 0 atom stereocenters. The van der Waals surface area contributed by atoms with Gasteiger partial charge in [-0.15, -0.1) is 11.8 Å². The molecule has 0 fully saturated rings. The number of amides is 2. The molecule has 2 aromatic carbocycles. The number of nitrogens with one attached hydrogen (secondary N) is 2. The van der Waals surface area contributed by atoms with E-state index in [0.29, 0.717) is 4.90 Å². The highest BCUT2D eigenvalue weighted by Gasteiger charge is 2.25. The smallest absolute Gasteiger partial charge is 0.412 e. The fourth-order valence-corrected chi connectivity index (χ4v) is 3.60. The third-order valence-electron chi connectivity index (χ3n) is 4.05. The molecule has 0 saturated carbocycles. The monoisotopic (exact) mass is 434 g/mol. The molecule has 0 aliphatic heterocycles. The predicted octanol–water partition coefficient (Wildman–Crippen LogP) is 3.87. The van der Waals surface area contributed by atoms with Gasteiger partial charge in [0.1, 0.15) is 0 Å². The molecule has 0 aliphatic carbocycles. The van der Waals surface area contributed by atoms with Gasteiger partial charge < -0.3 is 29.6 Å². The highest BCUT2D eigenvalue weighted by molar-refractivity contribution is 7.99. The van der Waals surface area contributed by atoms with Crippen LogP contribution in [0.15, 0.2) is 41.3 Å². The number of ether oxygens (including phenoxy) is 4. The Bertz CT molecular complexity index is 860. The van der Waals surface area contributed by atoms with Crippen LogP contribution in [-0.4, -0.2) is 46.3 Å². The van der Waals surface area contributed by atoms with Gasteiger partial charge in [-0.3, -0.25) is 0 Å². The molecule has 9 heteroatoms. The van der Waals surface area contributed by atoms with E-state index in [-0.39, 0.29) is 23.0 Å². The van der Waals surface area contributed by atoms with Crippen LogP contribution in [0.3, 0.4) is 0 Å². The van der Waals surface area contributed by atoms with Crippen molar-refractivity contribution in [3.8, 4) is 23.0 Å². The van der Waals surface area contributed by atoms with E-state index in [0.717, 1.165) is 18.6 Å². The first-order valence-corrected chi connectivity index (χ1v) is 10.3. The summed E-state index contributed by atoms with van der Waals surface area (Å²) in [6.45, 7) is 0. The number of hydrogen-bond acceptors (Lipinski definition) is 7. The predicted molar refractivity (Wildman–Crippen MR) is 115 cm³/mol. The summed E-state index contributed by atoms with van der Waals surface area (Å²) >= 11 is 1.46. The van der Waals surface area contributed by atoms with E-state index in [2.05, 4.69) is 22.8 Å². The number of aryl methyl sites for hydroxylation is 1. The lowest BCUT2D eigenvalue weighted by molar-refractivity contribution is 0.194. The van der Waals surface area contributed by atoms with Gasteiger partial charge in [-0.25, -0.2) is 9.59 Å². The lowest BCUT2D eigenvalue weighted by atomic mass is 10.1. The van der Waals surface area contributed by atoms with Gasteiger partial charge in [0.25, 0.3) is 0 Å². The molecule has 30 heavy (non-hydrogen) atoms. The van der Waals surface area contributed by atoms with Crippen molar-refractivity contribution in [2.75, 3.05) is 34.1 Å². The third-order valence-corrected chi connectivity index (χ3v) is 5.15. The van der Waals surface area contributed by atoms with Crippen LogP contribution in [0.4, 0.5) is 9.59 Å². The van der Waals surface area contributed by atoms with Crippen molar-refractivity contribution in [3.63, 3.8) is 0 Å². The van der Waals surface area contributed by atoms with E-state index < -0.39 is 12.2 Å². The van der Waals surface area contributed by atoms with Gasteiger partial charge in [0, 0.05) is 20.2 Å². The zero-order valence-corrected chi connectivity index (χ0v) is 18.3. The molecule has 0 spiro atoms. The average Bonchev–Trinajstić information content (AvgIpc) is 2.77. The summed E-state index contributed by atoms with van der Waals surface area (Å²) in [6.07, 6.45) is 0.499. The Morgan fingerprint density at radius 3 is 2.13 bits per heavy atom. The second-order valence-electron chi connectivity index (χ2n) is 5.99. The molecular weight excluding hydrogens is 408 g/mol. The van der Waals surface area contributed by atoms with Crippen molar-refractivity contribution in [2.24, 2.45) is 0 Å². The lowest BCUT2D eigenvalue weighted by Gasteiger charge is -2.19. The lowest BCUT2D eigenvalue weighted by Crippen LogP contribution is -2.23.